The summed E-state index contributed by atoms with van der Waals surface area (Å²) in [6.07, 6.45) is 0.585. The van der Waals surface area contributed by atoms with Crippen LogP contribution in [-0.4, -0.2) is 18.0 Å². The molecule has 1 aromatic carbocycles. The molecule has 1 N–H and O–H groups in total. The number of hydrogen-bond donors (Lipinski definition) is 1. The van der Waals surface area contributed by atoms with Crippen molar-refractivity contribution in [2.45, 2.75) is 6.92 Å². The molecule has 0 aliphatic heterocycles. The van der Waals surface area contributed by atoms with Crippen molar-refractivity contribution in [3.05, 3.63) is 22.2 Å². The van der Waals surface area contributed by atoms with E-state index in [9.17, 15) is 9.90 Å². The average Bonchev–Trinajstić information content (AvgIpc) is 2.11. The fraction of sp³-hybridized carbons (Fsp3) is 0.222. The number of phenols is 1. The SMILES string of the molecule is CCOc1ccc(Br)c(C=O)c1O. The van der Waals surface area contributed by atoms with Crippen LogP contribution in [0.3, 0.4) is 0 Å². The number of ether oxygens (including phenoxy) is 1. The van der Waals surface area contributed by atoms with E-state index in [1.54, 1.807) is 12.1 Å². The molecule has 4 heteroatoms. The van der Waals surface area contributed by atoms with Gasteiger partial charge in [0, 0.05) is 4.47 Å². The minimum absolute atomic E-state index is 0.119. The summed E-state index contributed by atoms with van der Waals surface area (Å²) in [7, 11) is 0. The Hall–Kier alpha value is -1.03. The van der Waals surface area contributed by atoms with Gasteiger partial charge < -0.3 is 9.84 Å². The molecule has 0 amide bonds. The molecule has 0 aliphatic carbocycles. The molecule has 0 aliphatic rings. The third kappa shape index (κ3) is 2.01. The Morgan fingerprint density at radius 1 is 1.62 bits per heavy atom. The van der Waals surface area contributed by atoms with Crippen LogP contribution in [0.2, 0.25) is 0 Å². The molecule has 1 aromatic rings. The maximum atomic E-state index is 10.6. The van der Waals surface area contributed by atoms with Crippen molar-refractivity contribution < 1.29 is 14.6 Å². The van der Waals surface area contributed by atoms with E-state index in [2.05, 4.69) is 15.9 Å². The van der Waals surface area contributed by atoms with Crippen molar-refractivity contribution in [1.82, 2.24) is 0 Å². The number of aromatic hydroxyl groups is 1. The van der Waals surface area contributed by atoms with Crippen LogP contribution in [0, 0.1) is 0 Å². The third-order valence-corrected chi connectivity index (χ3v) is 2.24. The maximum Gasteiger partial charge on any atom is 0.169 e. The summed E-state index contributed by atoms with van der Waals surface area (Å²) < 4.78 is 5.66. The quantitative estimate of drug-likeness (QED) is 0.831. The van der Waals surface area contributed by atoms with E-state index in [-0.39, 0.29) is 11.3 Å². The Balaban J connectivity index is 3.19. The van der Waals surface area contributed by atoms with Gasteiger partial charge in [-0.1, -0.05) is 0 Å². The van der Waals surface area contributed by atoms with Crippen molar-refractivity contribution in [1.29, 1.82) is 0 Å². The van der Waals surface area contributed by atoms with E-state index in [0.29, 0.717) is 23.1 Å². The van der Waals surface area contributed by atoms with Gasteiger partial charge in [0.1, 0.15) is 0 Å². The van der Waals surface area contributed by atoms with Crippen LogP contribution in [-0.2, 0) is 0 Å². The van der Waals surface area contributed by atoms with Gasteiger partial charge in [0.2, 0.25) is 0 Å². The average molecular weight is 245 g/mol. The molecule has 0 atom stereocenters. The molecule has 3 nitrogen and oxygen atoms in total. The molecule has 0 saturated carbocycles. The standard InChI is InChI=1S/C9H9BrO3/c1-2-13-8-4-3-7(10)6(5-11)9(8)12/h3-5,12H,2H2,1H3. The van der Waals surface area contributed by atoms with Crippen molar-refractivity contribution in [2.75, 3.05) is 6.61 Å². The summed E-state index contributed by atoms with van der Waals surface area (Å²) in [4.78, 5) is 10.6. The van der Waals surface area contributed by atoms with Gasteiger partial charge in [-0.2, -0.15) is 0 Å². The highest BCUT2D eigenvalue weighted by Crippen LogP contribution is 2.33. The number of halogens is 1. The van der Waals surface area contributed by atoms with E-state index in [4.69, 9.17) is 4.74 Å². The van der Waals surface area contributed by atoms with Crippen molar-refractivity contribution >= 4 is 22.2 Å². The summed E-state index contributed by atoms with van der Waals surface area (Å²) in [5.41, 5.74) is 0.214. The Morgan fingerprint density at radius 3 is 2.85 bits per heavy atom. The van der Waals surface area contributed by atoms with Gasteiger partial charge in [-0.15, -0.1) is 0 Å². The smallest absolute Gasteiger partial charge is 0.169 e. The monoisotopic (exact) mass is 244 g/mol. The summed E-state index contributed by atoms with van der Waals surface area (Å²) in [6, 6.07) is 3.27. The highest BCUT2D eigenvalue weighted by Gasteiger charge is 2.10. The molecule has 0 fully saturated rings. The van der Waals surface area contributed by atoms with Gasteiger partial charge in [0.25, 0.3) is 0 Å². The first-order valence-corrected chi connectivity index (χ1v) is 4.59. The molecule has 0 radical (unpaired) electrons. The summed E-state index contributed by atoms with van der Waals surface area (Å²) in [5, 5.41) is 9.51. The van der Waals surface area contributed by atoms with Crippen LogP contribution in [0.1, 0.15) is 17.3 Å². The van der Waals surface area contributed by atoms with Crippen LogP contribution >= 0.6 is 15.9 Å². The van der Waals surface area contributed by atoms with E-state index in [0.717, 1.165) is 0 Å². The van der Waals surface area contributed by atoms with Crippen LogP contribution in [0.5, 0.6) is 11.5 Å². The Bertz CT molecular complexity index is 323. The zero-order valence-electron chi connectivity index (χ0n) is 7.08. The van der Waals surface area contributed by atoms with Crippen LogP contribution in [0.4, 0.5) is 0 Å². The molecular weight excluding hydrogens is 236 g/mol. The van der Waals surface area contributed by atoms with Crippen LogP contribution < -0.4 is 4.74 Å². The largest absolute Gasteiger partial charge is 0.504 e. The molecule has 0 saturated heterocycles. The second-order valence-electron chi connectivity index (χ2n) is 2.36. The van der Waals surface area contributed by atoms with Gasteiger partial charge in [-0.05, 0) is 35.0 Å². The molecule has 1 rings (SSSR count). The van der Waals surface area contributed by atoms with E-state index >= 15 is 0 Å². The van der Waals surface area contributed by atoms with Gasteiger partial charge in [-0.25, -0.2) is 0 Å². The van der Waals surface area contributed by atoms with Gasteiger partial charge >= 0.3 is 0 Å². The van der Waals surface area contributed by atoms with Crippen molar-refractivity contribution in [3.63, 3.8) is 0 Å². The topological polar surface area (TPSA) is 46.5 Å². The molecule has 0 aromatic heterocycles. The van der Waals surface area contributed by atoms with E-state index < -0.39 is 0 Å². The number of benzene rings is 1. The Morgan fingerprint density at radius 2 is 2.31 bits per heavy atom. The van der Waals surface area contributed by atoms with Crippen LogP contribution in [0.15, 0.2) is 16.6 Å². The zero-order chi connectivity index (χ0) is 9.84. The molecule has 70 valence electrons. The number of carbonyl (C=O) groups excluding carboxylic acids is 1. The second kappa shape index (κ2) is 4.28. The number of aldehydes is 1. The highest BCUT2D eigenvalue weighted by molar-refractivity contribution is 9.10. The number of phenolic OH excluding ortho intramolecular Hbond substituents is 1. The molecule has 0 bridgehead atoms. The lowest BCUT2D eigenvalue weighted by atomic mass is 10.2. The number of carbonyl (C=O) groups is 1. The molecule has 13 heavy (non-hydrogen) atoms. The minimum atomic E-state index is -0.119. The number of rotatable bonds is 3. The summed E-state index contributed by atoms with van der Waals surface area (Å²) >= 11 is 3.15. The van der Waals surface area contributed by atoms with Crippen LogP contribution in [0.25, 0.3) is 0 Å². The Kier molecular flexibility index (Phi) is 3.31. The molecule has 0 unspecified atom stereocenters. The summed E-state index contributed by atoms with van der Waals surface area (Å²) in [5.74, 6) is 0.207. The third-order valence-electron chi connectivity index (χ3n) is 1.54. The van der Waals surface area contributed by atoms with E-state index in [1.807, 2.05) is 6.92 Å². The minimum Gasteiger partial charge on any atom is -0.504 e. The molecular formula is C9H9BrO3. The lowest BCUT2D eigenvalue weighted by molar-refractivity contribution is 0.111. The second-order valence-corrected chi connectivity index (χ2v) is 3.21. The first-order chi connectivity index (χ1) is 6.20. The maximum absolute atomic E-state index is 10.6. The first-order valence-electron chi connectivity index (χ1n) is 3.80. The van der Waals surface area contributed by atoms with Crippen molar-refractivity contribution in [3.8, 4) is 11.5 Å². The predicted octanol–water partition coefficient (Wildman–Crippen LogP) is 2.37. The van der Waals surface area contributed by atoms with Gasteiger partial charge in [-0.3, -0.25) is 4.79 Å². The zero-order valence-corrected chi connectivity index (χ0v) is 8.67. The fourth-order valence-electron chi connectivity index (χ4n) is 0.947. The summed E-state index contributed by atoms with van der Waals surface area (Å²) in [6.45, 7) is 2.26. The molecule has 0 heterocycles. The normalized spacial score (nSPS) is 9.69. The highest BCUT2D eigenvalue weighted by atomic mass is 79.9. The Labute approximate surface area is 84.5 Å². The number of hydrogen-bond acceptors (Lipinski definition) is 3. The first kappa shape index (κ1) is 10.1. The van der Waals surface area contributed by atoms with Gasteiger partial charge in [0.05, 0.1) is 12.2 Å². The van der Waals surface area contributed by atoms with E-state index in [1.165, 1.54) is 0 Å². The lowest BCUT2D eigenvalue weighted by Gasteiger charge is -2.07. The molecule has 0 spiro atoms. The van der Waals surface area contributed by atoms with Gasteiger partial charge in [0.15, 0.2) is 17.8 Å². The predicted molar refractivity (Wildman–Crippen MR) is 52.4 cm³/mol. The van der Waals surface area contributed by atoms with Crippen molar-refractivity contribution in [2.24, 2.45) is 0 Å². The fourth-order valence-corrected chi connectivity index (χ4v) is 1.36. The lowest BCUT2D eigenvalue weighted by Crippen LogP contribution is -1.94.